The Hall–Kier alpha value is -1.26. The van der Waals surface area contributed by atoms with E-state index in [1.165, 1.54) is 24.2 Å². The van der Waals surface area contributed by atoms with Crippen LogP contribution in [0.1, 0.15) is 51.4 Å². The summed E-state index contributed by atoms with van der Waals surface area (Å²) in [4.78, 5) is 27.2. The third-order valence-electron chi connectivity index (χ3n) is 5.25. The Morgan fingerprint density at radius 3 is 2.25 bits per heavy atom. The Kier molecular flexibility index (Phi) is 3.61. The molecule has 2 heterocycles. The van der Waals surface area contributed by atoms with Crippen molar-refractivity contribution in [2.45, 2.75) is 69.5 Å². The van der Waals surface area contributed by atoms with E-state index in [1.54, 1.807) is 7.05 Å². The van der Waals surface area contributed by atoms with Gasteiger partial charge in [-0.3, -0.25) is 4.79 Å². The zero-order valence-electron chi connectivity index (χ0n) is 12.1. The van der Waals surface area contributed by atoms with Crippen LogP contribution in [0.2, 0.25) is 0 Å². The molecule has 2 saturated heterocycles. The zero-order chi connectivity index (χ0) is 14.3. The number of carbonyl (C=O) groups is 2. The lowest BCUT2D eigenvalue weighted by Gasteiger charge is -2.50. The van der Waals surface area contributed by atoms with E-state index < -0.39 is 6.09 Å². The summed E-state index contributed by atoms with van der Waals surface area (Å²) in [6, 6.07) is 0.605. The molecule has 0 aromatic heterocycles. The molecular weight excluding hydrogens is 256 g/mol. The van der Waals surface area contributed by atoms with Gasteiger partial charge in [-0.1, -0.05) is 0 Å². The minimum Gasteiger partial charge on any atom is -0.465 e. The van der Waals surface area contributed by atoms with Crippen molar-refractivity contribution < 1.29 is 14.7 Å². The summed E-state index contributed by atoms with van der Waals surface area (Å²) in [6.07, 6.45) is 7.15. The van der Waals surface area contributed by atoms with Crippen LogP contribution in [0.4, 0.5) is 4.79 Å². The Labute approximate surface area is 119 Å². The highest BCUT2D eigenvalue weighted by Gasteiger charge is 2.43. The van der Waals surface area contributed by atoms with Gasteiger partial charge in [0.25, 0.3) is 0 Å². The molecule has 3 aliphatic rings. The van der Waals surface area contributed by atoms with Gasteiger partial charge < -0.3 is 14.9 Å². The Balaban J connectivity index is 1.68. The molecule has 1 saturated carbocycles. The van der Waals surface area contributed by atoms with Crippen LogP contribution in [-0.4, -0.2) is 52.1 Å². The summed E-state index contributed by atoms with van der Waals surface area (Å²) >= 11 is 0. The molecule has 1 N–H and O–H groups in total. The first kappa shape index (κ1) is 13.7. The molecule has 1 aliphatic carbocycles. The second kappa shape index (κ2) is 5.26. The van der Waals surface area contributed by atoms with E-state index in [2.05, 4.69) is 4.90 Å². The van der Waals surface area contributed by atoms with Gasteiger partial charge in [0, 0.05) is 31.6 Å². The molecule has 5 nitrogen and oxygen atoms in total. The number of carbonyl (C=O) groups excluding carboxylic acids is 1. The highest BCUT2D eigenvalue weighted by atomic mass is 16.4. The molecule has 2 aliphatic heterocycles. The lowest BCUT2D eigenvalue weighted by molar-refractivity contribution is -0.142. The molecule has 112 valence electrons. The van der Waals surface area contributed by atoms with Gasteiger partial charge in [-0.2, -0.15) is 0 Å². The number of carboxylic acid groups (broad SMARTS) is 1. The number of hydrogen-bond acceptors (Lipinski definition) is 2. The van der Waals surface area contributed by atoms with Crippen molar-refractivity contribution in [3.05, 3.63) is 0 Å². The van der Waals surface area contributed by atoms with E-state index in [4.69, 9.17) is 5.11 Å². The van der Waals surface area contributed by atoms with Crippen LogP contribution in [-0.2, 0) is 4.79 Å². The van der Waals surface area contributed by atoms with E-state index >= 15 is 0 Å². The van der Waals surface area contributed by atoms with Crippen LogP contribution in [0.3, 0.4) is 0 Å². The van der Waals surface area contributed by atoms with Crippen molar-refractivity contribution in [3.63, 3.8) is 0 Å². The lowest BCUT2D eigenvalue weighted by atomic mass is 9.81. The first-order valence-electron chi connectivity index (χ1n) is 7.83. The van der Waals surface area contributed by atoms with Crippen LogP contribution >= 0.6 is 0 Å². The van der Waals surface area contributed by atoms with Gasteiger partial charge in [0.05, 0.1) is 0 Å². The highest BCUT2D eigenvalue weighted by molar-refractivity contribution is 5.78. The number of nitrogens with zero attached hydrogens (tertiary/aromatic N) is 2. The van der Waals surface area contributed by atoms with Gasteiger partial charge in [-0.05, 0) is 50.9 Å². The zero-order valence-corrected chi connectivity index (χ0v) is 12.1. The third kappa shape index (κ3) is 2.63. The van der Waals surface area contributed by atoms with Crippen molar-refractivity contribution in [2.24, 2.45) is 5.92 Å². The van der Waals surface area contributed by atoms with Crippen LogP contribution in [0.25, 0.3) is 0 Å². The Morgan fingerprint density at radius 2 is 1.75 bits per heavy atom. The number of fused-ring (bicyclic) bond motifs is 2. The summed E-state index contributed by atoms with van der Waals surface area (Å²) in [5, 5.41) is 9.15. The average Bonchev–Trinajstić information content (AvgIpc) is 3.19. The predicted octanol–water partition coefficient (Wildman–Crippen LogP) is 2.31. The molecule has 0 spiro atoms. The van der Waals surface area contributed by atoms with E-state index in [-0.39, 0.29) is 18.1 Å². The van der Waals surface area contributed by atoms with Crippen LogP contribution < -0.4 is 0 Å². The molecular formula is C15H24N2O3. The van der Waals surface area contributed by atoms with Gasteiger partial charge in [0.1, 0.15) is 0 Å². The minimum atomic E-state index is -0.856. The van der Waals surface area contributed by atoms with Crippen molar-refractivity contribution in [1.82, 2.24) is 9.80 Å². The summed E-state index contributed by atoms with van der Waals surface area (Å²) in [6.45, 7) is 0. The summed E-state index contributed by atoms with van der Waals surface area (Å²) in [7, 11) is 1.66. The van der Waals surface area contributed by atoms with E-state index in [0.29, 0.717) is 18.2 Å². The predicted molar refractivity (Wildman–Crippen MR) is 74.4 cm³/mol. The van der Waals surface area contributed by atoms with Crippen molar-refractivity contribution in [1.29, 1.82) is 0 Å². The van der Waals surface area contributed by atoms with Crippen molar-refractivity contribution >= 4 is 12.0 Å². The fraction of sp³-hybridized carbons (Fsp3) is 0.867. The van der Waals surface area contributed by atoms with Gasteiger partial charge in [-0.15, -0.1) is 0 Å². The van der Waals surface area contributed by atoms with Crippen LogP contribution in [0.5, 0.6) is 0 Å². The Bertz CT molecular complexity index is 394. The maximum atomic E-state index is 12.5. The molecule has 0 aromatic rings. The number of hydrogen-bond donors (Lipinski definition) is 1. The normalized spacial score (nSPS) is 32.9. The van der Waals surface area contributed by atoms with Gasteiger partial charge in [0.15, 0.2) is 0 Å². The third-order valence-corrected chi connectivity index (χ3v) is 5.25. The molecule has 3 rings (SSSR count). The second-order valence-corrected chi connectivity index (χ2v) is 6.71. The topological polar surface area (TPSA) is 60.9 Å². The number of amides is 2. The number of piperidine rings is 2. The minimum absolute atomic E-state index is 0.0766. The quantitative estimate of drug-likeness (QED) is 0.863. The van der Waals surface area contributed by atoms with Crippen molar-refractivity contribution in [2.75, 3.05) is 7.05 Å². The largest absolute Gasteiger partial charge is 0.465 e. The van der Waals surface area contributed by atoms with Gasteiger partial charge in [0.2, 0.25) is 5.91 Å². The fourth-order valence-corrected chi connectivity index (χ4v) is 3.91. The van der Waals surface area contributed by atoms with Crippen molar-refractivity contribution in [3.8, 4) is 0 Å². The number of rotatable bonds is 3. The molecule has 20 heavy (non-hydrogen) atoms. The molecule has 2 bridgehead atoms. The summed E-state index contributed by atoms with van der Waals surface area (Å²) < 4.78 is 0. The fourth-order valence-electron chi connectivity index (χ4n) is 3.91. The first-order chi connectivity index (χ1) is 9.56. The van der Waals surface area contributed by atoms with Crippen LogP contribution in [0, 0.1) is 5.92 Å². The molecule has 1 unspecified atom stereocenters. The standard InChI is InChI=1S/C15H24N2O3/c1-16(15(19)20)13-8-11-3-2-4-12(9-13)17(11)14(18)7-10-5-6-10/h10-13H,2-9H2,1H3,(H,19,20)/t11-,12+,13?. The highest BCUT2D eigenvalue weighted by Crippen LogP contribution is 2.39. The van der Waals surface area contributed by atoms with Gasteiger partial charge in [-0.25, -0.2) is 4.79 Å². The maximum Gasteiger partial charge on any atom is 0.407 e. The molecule has 2 amide bonds. The van der Waals surface area contributed by atoms with E-state index in [1.807, 2.05) is 0 Å². The molecule has 0 radical (unpaired) electrons. The maximum absolute atomic E-state index is 12.5. The first-order valence-corrected chi connectivity index (χ1v) is 7.83. The van der Waals surface area contributed by atoms with Crippen LogP contribution in [0.15, 0.2) is 0 Å². The monoisotopic (exact) mass is 280 g/mol. The SMILES string of the molecule is CN(C(=O)O)C1C[C@H]2CCC[C@@H](C1)N2C(=O)CC1CC1. The summed E-state index contributed by atoms with van der Waals surface area (Å²) in [5.41, 5.74) is 0. The molecule has 5 heteroatoms. The second-order valence-electron chi connectivity index (χ2n) is 6.71. The smallest absolute Gasteiger partial charge is 0.407 e. The lowest BCUT2D eigenvalue weighted by Crippen LogP contribution is -2.58. The Morgan fingerprint density at radius 1 is 1.15 bits per heavy atom. The average molecular weight is 280 g/mol. The molecule has 3 fully saturated rings. The van der Waals surface area contributed by atoms with Gasteiger partial charge >= 0.3 is 6.09 Å². The van der Waals surface area contributed by atoms with E-state index in [9.17, 15) is 9.59 Å². The molecule has 0 aromatic carbocycles. The van der Waals surface area contributed by atoms with E-state index in [0.717, 1.165) is 25.7 Å². The summed E-state index contributed by atoms with van der Waals surface area (Å²) in [5.74, 6) is 0.946. The molecule has 3 atom stereocenters.